The van der Waals surface area contributed by atoms with Crippen molar-refractivity contribution in [1.29, 1.82) is 0 Å². The van der Waals surface area contributed by atoms with Gasteiger partial charge in [-0.05, 0) is 49.0 Å². The van der Waals surface area contributed by atoms with E-state index in [4.69, 9.17) is 9.16 Å². The van der Waals surface area contributed by atoms with Gasteiger partial charge in [0.1, 0.15) is 5.60 Å². The van der Waals surface area contributed by atoms with E-state index < -0.39 is 26.0 Å². The summed E-state index contributed by atoms with van der Waals surface area (Å²) in [5.74, 6) is -0.882. The number of hydrogen-bond acceptors (Lipinski definition) is 5. The fraction of sp³-hybridized carbons (Fsp3) is 0.533. The number of carboxylic acid groups (broad SMARTS) is 1. The van der Waals surface area contributed by atoms with Gasteiger partial charge in [-0.3, -0.25) is 9.69 Å². The number of nitrogens with zero attached hydrogens (tertiary/aromatic N) is 2. The van der Waals surface area contributed by atoms with E-state index in [-0.39, 0.29) is 23.7 Å². The maximum atomic E-state index is 12.6. The van der Waals surface area contributed by atoms with Crippen LogP contribution >= 0.6 is 0 Å². The molecule has 0 radical (unpaired) electrons. The number of amides is 1. The molecule has 1 aliphatic heterocycles. The van der Waals surface area contributed by atoms with Crippen LogP contribution in [0.4, 0.5) is 4.79 Å². The van der Waals surface area contributed by atoms with Gasteiger partial charge in [0.2, 0.25) is 0 Å². The lowest BCUT2D eigenvalue weighted by molar-refractivity contribution is -0.139. The van der Waals surface area contributed by atoms with E-state index in [2.05, 4.69) is 69.3 Å². The van der Waals surface area contributed by atoms with Gasteiger partial charge in [-0.1, -0.05) is 81.4 Å². The van der Waals surface area contributed by atoms with Gasteiger partial charge < -0.3 is 19.2 Å². The molecule has 2 aromatic rings. The number of rotatable bonds is 9. The fourth-order valence-electron chi connectivity index (χ4n) is 5.52. The third-order valence-electron chi connectivity index (χ3n) is 7.19. The zero-order valence-corrected chi connectivity index (χ0v) is 24.9. The molecule has 0 aliphatic carbocycles. The molecular weight excluding hydrogens is 496 g/mol. The highest BCUT2D eigenvalue weighted by atomic mass is 28.4. The molecule has 2 unspecified atom stereocenters. The Balaban J connectivity index is 1.88. The van der Waals surface area contributed by atoms with Crippen LogP contribution in [0.25, 0.3) is 0 Å². The van der Waals surface area contributed by atoms with E-state index >= 15 is 0 Å². The summed E-state index contributed by atoms with van der Waals surface area (Å²) in [7, 11) is -1.04. The number of benzene rings is 2. The number of aliphatic carboxylic acids is 1. The van der Waals surface area contributed by atoms with Gasteiger partial charge >= 0.3 is 12.1 Å². The summed E-state index contributed by atoms with van der Waals surface area (Å²) in [6.07, 6.45) is 1.19. The second kappa shape index (κ2) is 12.0. The molecule has 1 aliphatic rings. The predicted molar refractivity (Wildman–Crippen MR) is 154 cm³/mol. The van der Waals surface area contributed by atoms with Crippen molar-refractivity contribution in [2.24, 2.45) is 0 Å². The normalized spacial score (nSPS) is 18.8. The Kier molecular flexibility index (Phi) is 9.44. The standard InChI is InChI=1S/C30H44N2O5Si/c1-29(2,3)37-28(35)31(7)20-23-18-19-24(32(23)21-27(33)34)22-36-38(30(4,5)6,25-14-10-8-11-15-25)26-16-12-9-13-17-26/h8-17,23-24H,18-22H2,1-7H3,(H,33,34). The number of likely N-dealkylation sites (N-methyl/N-ethyl adjacent to an activating group) is 1. The molecule has 1 heterocycles. The Bertz CT molecular complexity index is 1030. The summed E-state index contributed by atoms with van der Waals surface area (Å²) in [6, 6.07) is 20.8. The molecule has 1 N–H and O–H groups in total. The summed E-state index contributed by atoms with van der Waals surface area (Å²) < 4.78 is 12.6. The van der Waals surface area contributed by atoms with Gasteiger partial charge in [0.15, 0.2) is 0 Å². The molecule has 0 spiro atoms. The predicted octanol–water partition coefficient (Wildman–Crippen LogP) is 4.35. The molecule has 3 rings (SSSR count). The van der Waals surface area contributed by atoms with Crippen LogP contribution < -0.4 is 10.4 Å². The minimum atomic E-state index is -2.74. The van der Waals surface area contributed by atoms with Crippen molar-refractivity contribution >= 4 is 30.8 Å². The first-order chi connectivity index (χ1) is 17.7. The maximum absolute atomic E-state index is 12.6. The van der Waals surface area contributed by atoms with Crippen LogP contribution in [0.1, 0.15) is 54.4 Å². The van der Waals surface area contributed by atoms with Gasteiger partial charge in [0.25, 0.3) is 8.32 Å². The number of ether oxygens (including phenoxy) is 1. The molecular formula is C30H44N2O5Si. The average molecular weight is 541 g/mol. The monoisotopic (exact) mass is 540 g/mol. The van der Waals surface area contributed by atoms with Crippen LogP contribution in [0, 0.1) is 0 Å². The first-order valence-electron chi connectivity index (χ1n) is 13.4. The fourth-order valence-corrected chi connectivity index (χ4v) is 10.1. The number of likely N-dealkylation sites (tertiary alicyclic amines) is 1. The third kappa shape index (κ3) is 7.04. The van der Waals surface area contributed by atoms with Gasteiger partial charge in [-0.15, -0.1) is 0 Å². The van der Waals surface area contributed by atoms with Crippen LogP contribution in [-0.4, -0.2) is 79.7 Å². The molecule has 2 atom stereocenters. The van der Waals surface area contributed by atoms with E-state index in [0.29, 0.717) is 13.2 Å². The second-order valence-electron chi connectivity index (χ2n) is 12.3. The van der Waals surface area contributed by atoms with Crippen molar-refractivity contribution in [2.75, 3.05) is 26.7 Å². The van der Waals surface area contributed by atoms with Gasteiger partial charge in [0, 0.05) is 25.7 Å². The Labute approximate surface area is 228 Å². The zero-order chi connectivity index (χ0) is 28.1. The third-order valence-corrected chi connectivity index (χ3v) is 12.2. The largest absolute Gasteiger partial charge is 0.480 e. The topological polar surface area (TPSA) is 79.3 Å². The van der Waals surface area contributed by atoms with Crippen molar-refractivity contribution in [3.8, 4) is 0 Å². The summed E-state index contributed by atoms with van der Waals surface area (Å²) in [5.41, 5.74) is -0.589. The molecule has 1 fully saturated rings. The van der Waals surface area contributed by atoms with Gasteiger partial charge in [-0.25, -0.2) is 4.79 Å². The molecule has 1 saturated heterocycles. The lowest BCUT2D eigenvalue weighted by Crippen LogP contribution is -2.67. The Morgan fingerprint density at radius 2 is 1.42 bits per heavy atom. The number of carboxylic acids is 1. The van der Waals surface area contributed by atoms with Crippen LogP contribution in [0.5, 0.6) is 0 Å². The Morgan fingerprint density at radius 3 is 1.87 bits per heavy atom. The van der Waals surface area contributed by atoms with Crippen LogP contribution in [-0.2, 0) is 14.0 Å². The molecule has 208 valence electrons. The highest BCUT2D eigenvalue weighted by Crippen LogP contribution is 2.37. The van der Waals surface area contributed by atoms with E-state index in [1.54, 1.807) is 11.9 Å². The van der Waals surface area contributed by atoms with Crippen LogP contribution in [0.3, 0.4) is 0 Å². The minimum Gasteiger partial charge on any atom is -0.480 e. The number of carbonyl (C=O) groups excluding carboxylic acids is 1. The quantitative estimate of drug-likeness (QED) is 0.477. The highest BCUT2D eigenvalue weighted by Gasteiger charge is 2.51. The molecule has 7 nitrogen and oxygen atoms in total. The van der Waals surface area contributed by atoms with Crippen molar-refractivity contribution in [3.05, 3.63) is 60.7 Å². The SMILES string of the molecule is CN(CC1CCC(CO[Si](c2ccccc2)(c2ccccc2)C(C)(C)C)N1CC(=O)O)C(=O)OC(C)(C)C. The van der Waals surface area contributed by atoms with Crippen molar-refractivity contribution in [1.82, 2.24) is 9.80 Å². The average Bonchev–Trinajstić information content (AvgIpc) is 3.19. The molecule has 0 saturated carbocycles. The van der Waals surface area contributed by atoms with Crippen LogP contribution in [0.15, 0.2) is 60.7 Å². The number of hydrogen-bond donors (Lipinski definition) is 1. The molecule has 1 amide bonds. The summed E-state index contributed by atoms with van der Waals surface area (Å²) >= 11 is 0. The maximum Gasteiger partial charge on any atom is 0.410 e. The van der Waals surface area contributed by atoms with E-state index in [1.807, 2.05) is 37.8 Å². The van der Waals surface area contributed by atoms with E-state index in [9.17, 15) is 14.7 Å². The lowest BCUT2D eigenvalue weighted by atomic mass is 10.2. The van der Waals surface area contributed by atoms with E-state index in [0.717, 1.165) is 12.8 Å². The molecule has 0 aromatic heterocycles. The van der Waals surface area contributed by atoms with Crippen molar-refractivity contribution < 1.29 is 23.9 Å². The van der Waals surface area contributed by atoms with Crippen molar-refractivity contribution in [2.45, 2.75) is 77.1 Å². The Hall–Kier alpha value is -2.68. The minimum absolute atomic E-state index is 0.0650. The summed E-state index contributed by atoms with van der Waals surface area (Å²) in [6.45, 7) is 13.0. The zero-order valence-electron chi connectivity index (χ0n) is 23.9. The number of carbonyl (C=O) groups is 2. The first-order valence-corrected chi connectivity index (χ1v) is 15.3. The summed E-state index contributed by atoms with van der Waals surface area (Å²) in [5, 5.41) is 12.0. The van der Waals surface area contributed by atoms with Crippen molar-refractivity contribution in [3.63, 3.8) is 0 Å². The Morgan fingerprint density at radius 1 is 0.921 bits per heavy atom. The molecule has 38 heavy (non-hydrogen) atoms. The van der Waals surface area contributed by atoms with Crippen LogP contribution in [0.2, 0.25) is 5.04 Å². The summed E-state index contributed by atoms with van der Waals surface area (Å²) in [4.78, 5) is 28.0. The van der Waals surface area contributed by atoms with E-state index in [1.165, 1.54) is 10.4 Å². The van der Waals surface area contributed by atoms with Gasteiger partial charge in [0.05, 0.1) is 13.2 Å². The molecule has 8 heteroatoms. The second-order valence-corrected chi connectivity index (χ2v) is 16.6. The highest BCUT2D eigenvalue weighted by molar-refractivity contribution is 6.99. The smallest absolute Gasteiger partial charge is 0.410 e. The first kappa shape index (κ1) is 29.9. The van der Waals surface area contributed by atoms with Gasteiger partial charge in [-0.2, -0.15) is 0 Å². The molecule has 0 bridgehead atoms. The lowest BCUT2D eigenvalue weighted by Gasteiger charge is -2.44. The molecule has 2 aromatic carbocycles.